The molecule has 2 rings (SSSR count). The van der Waals surface area contributed by atoms with E-state index in [2.05, 4.69) is 0 Å². The summed E-state index contributed by atoms with van der Waals surface area (Å²) in [5.41, 5.74) is 0.844. The first kappa shape index (κ1) is 12.9. The first-order chi connectivity index (χ1) is 9.35. The Balaban J connectivity index is 2.00. The van der Waals surface area contributed by atoms with Crippen molar-refractivity contribution >= 4 is 20.3 Å². The quantitative estimate of drug-likeness (QED) is 0.585. The third-order valence-electron chi connectivity index (χ3n) is 2.44. The predicted octanol–water partition coefficient (Wildman–Crippen LogP) is 2.30. The molecule has 0 spiro atoms. The topological polar surface area (TPSA) is 52.6 Å². The molecular formula is C14H10BO4. The van der Waals surface area contributed by atoms with Gasteiger partial charge in [0.25, 0.3) is 0 Å². The van der Waals surface area contributed by atoms with Crippen molar-refractivity contribution in [1.29, 1.82) is 0 Å². The van der Waals surface area contributed by atoms with Gasteiger partial charge in [0, 0.05) is 0 Å². The fourth-order valence-electron chi connectivity index (χ4n) is 1.50. The predicted molar refractivity (Wildman–Crippen MR) is 70.7 cm³/mol. The number of hydrogen-bond donors (Lipinski definition) is 0. The van der Waals surface area contributed by atoms with E-state index in [0.717, 1.165) is 7.69 Å². The lowest BCUT2D eigenvalue weighted by molar-refractivity contribution is 0.111. The van der Waals surface area contributed by atoms with Crippen molar-refractivity contribution in [1.82, 2.24) is 0 Å². The Hall–Kier alpha value is -2.56. The smallest absolute Gasteiger partial charge is 0.526 e. The largest absolute Gasteiger partial charge is 0.658 e. The number of rotatable bonds is 6. The summed E-state index contributed by atoms with van der Waals surface area (Å²) in [6.45, 7) is 0. The zero-order chi connectivity index (χ0) is 13.5. The minimum absolute atomic E-state index is 0.390. The van der Waals surface area contributed by atoms with E-state index in [1.165, 1.54) is 0 Å². The molecule has 0 unspecified atom stereocenters. The SMILES string of the molecule is O=Cc1ccccc1O[B]Oc1ccccc1C=O. The molecule has 0 atom stereocenters. The molecule has 5 heteroatoms. The van der Waals surface area contributed by atoms with E-state index in [-0.39, 0.29) is 0 Å². The Kier molecular flexibility index (Phi) is 4.34. The maximum atomic E-state index is 10.8. The number of aldehydes is 2. The molecule has 0 bridgehead atoms. The Morgan fingerprint density at radius 3 is 1.58 bits per heavy atom. The van der Waals surface area contributed by atoms with Gasteiger partial charge in [-0.3, -0.25) is 9.59 Å². The molecule has 0 aromatic heterocycles. The summed E-state index contributed by atoms with van der Waals surface area (Å²) < 4.78 is 10.5. The van der Waals surface area contributed by atoms with Gasteiger partial charge in [-0.15, -0.1) is 0 Å². The molecular weight excluding hydrogens is 243 g/mol. The van der Waals surface area contributed by atoms with Gasteiger partial charge in [0.2, 0.25) is 0 Å². The second-order valence-electron chi connectivity index (χ2n) is 3.64. The van der Waals surface area contributed by atoms with E-state index in [9.17, 15) is 9.59 Å². The molecule has 0 aliphatic carbocycles. The summed E-state index contributed by atoms with van der Waals surface area (Å²) in [6, 6.07) is 13.5. The fourth-order valence-corrected chi connectivity index (χ4v) is 1.50. The van der Waals surface area contributed by atoms with Crippen LogP contribution in [0.4, 0.5) is 0 Å². The van der Waals surface area contributed by atoms with Crippen molar-refractivity contribution in [2.75, 3.05) is 0 Å². The molecule has 93 valence electrons. The monoisotopic (exact) mass is 253 g/mol. The molecule has 4 nitrogen and oxygen atoms in total. The summed E-state index contributed by atoms with van der Waals surface area (Å²) in [4.78, 5) is 21.6. The van der Waals surface area contributed by atoms with Gasteiger partial charge in [-0.25, -0.2) is 0 Å². The molecule has 0 amide bonds. The molecule has 0 heterocycles. The highest BCUT2D eigenvalue weighted by Crippen LogP contribution is 2.17. The fraction of sp³-hybridized carbons (Fsp3) is 0. The molecule has 1 radical (unpaired) electrons. The van der Waals surface area contributed by atoms with Crippen molar-refractivity contribution < 1.29 is 18.9 Å². The van der Waals surface area contributed by atoms with Crippen LogP contribution in [0.5, 0.6) is 11.5 Å². The highest BCUT2D eigenvalue weighted by molar-refractivity contribution is 6.21. The maximum Gasteiger partial charge on any atom is 0.658 e. The van der Waals surface area contributed by atoms with E-state index < -0.39 is 0 Å². The van der Waals surface area contributed by atoms with Crippen molar-refractivity contribution in [2.45, 2.75) is 0 Å². The molecule has 0 N–H and O–H groups in total. The Labute approximate surface area is 111 Å². The van der Waals surface area contributed by atoms with Crippen LogP contribution < -0.4 is 9.31 Å². The lowest BCUT2D eigenvalue weighted by atomic mass is 10.2. The van der Waals surface area contributed by atoms with Crippen LogP contribution in [-0.2, 0) is 0 Å². The molecule has 2 aromatic rings. The lowest BCUT2D eigenvalue weighted by Gasteiger charge is -2.09. The lowest BCUT2D eigenvalue weighted by Crippen LogP contribution is -2.12. The summed E-state index contributed by atoms with van der Waals surface area (Å²) >= 11 is 0. The molecule has 0 saturated carbocycles. The molecule has 2 aromatic carbocycles. The van der Waals surface area contributed by atoms with Crippen LogP contribution in [0.3, 0.4) is 0 Å². The number of benzene rings is 2. The minimum atomic E-state index is 0.390. The number of carbonyl (C=O) groups excluding carboxylic acids is 2. The average molecular weight is 253 g/mol. The zero-order valence-electron chi connectivity index (χ0n) is 9.98. The van der Waals surface area contributed by atoms with Gasteiger partial charge in [0.1, 0.15) is 11.5 Å². The molecule has 0 fully saturated rings. The van der Waals surface area contributed by atoms with Crippen molar-refractivity contribution in [3.63, 3.8) is 0 Å². The Morgan fingerprint density at radius 1 is 0.737 bits per heavy atom. The van der Waals surface area contributed by atoms with Gasteiger partial charge in [0.15, 0.2) is 12.6 Å². The van der Waals surface area contributed by atoms with Crippen LogP contribution in [-0.4, -0.2) is 20.3 Å². The third kappa shape index (κ3) is 3.22. The van der Waals surface area contributed by atoms with Gasteiger partial charge < -0.3 is 9.31 Å². The zero-order valence-corrected chi connectivity index (χ0v) is 9.98. The first-order valence-electron chi connectivity index (χ1n) is 5.58. The van der Waals surface area contributed by atoms with Crippen molar-refractivity contribution in [3.05, 3.63) is 59.7 Å². The first-order valence-corrected chi connectivity index (χ1v) is 5.58. The Bertz CT molecular complexity index is 532. The van der Waals surface area contributed by atoms with E-state index in [0.29, 0.717) is 35.2 Å². The van der Waals surface area contributed by atoms with Gasteiger partial charge in [0.05, 0.1) is 11.1 Å². The molecule has 19 heavy (non-hydrogen) atoms. The van der Waals surface area contributed by atoms with Crippen LogP contribution in [0.25, 0.3) is 0 Å². The second kappa shape index (κ2) is 6.40. The summed E-state index contributed by atoms with van der Waals surface area (Å²) in [5.74, 6) is 0.780. The van der Waals surface area contributed by atoms with E-state index in [1.807, 2.05) is 0 Å². The highest BCUT2D eigenvalue weighted by atomic mass is 16.6. The summed E-state index contributed by atoms with van der Waals surface area (Å²) in [6.07, 6.45) is 1.39. The third-order valence-corrected chi connectivity index (χ3v) is 2.44. The summed E-state index contributed by atoms with van der Waals surface area (Å²) in [7, 11) is 1.09. The van der Waals surface area contributed by atoms with E-state index in [1.54, 1.807) is 48.5 Å². The van der Waals surface area contributed by atoms with E-state index in [4.69, 9.17) is 9.31 Å². The van der Waals surface area contributed by atoms with Crippen molar-refractivity contribution in [3.8, 4) is 11.5 Å². The standard InChI is InChI=1S/C14H10BO4/c16-9-11-5-1-3-7-13(11)18-15-19-14-8-4-2-6-12(14)10-17/h1-10H. The summed E-state index contributed by atoms with van der Waals surface area (Å²) in [5, 5.41) is 0. The van der Waals surface area contributed by atoms with Gasteiger partial charge in [-0.1, -0.05) is 24.3 Å². The van der Waals surface area contributed by atoms with Gasteiger partial charge in [-0.05, 0) is 24.3 Å². The number of hydrogen-bond acceptors (Lipinski definition) is 4. The maximum absolute atomic E-state index is 10.8. The molecule has 0 saturated heterocycles. The van der Waals surface area contributed by atoms with Crippen LogP contribution in [0.1, 0.15) is 20.7 Å². The minimum Gasteiger partial charge on any atom is -0.526 e. The van der Waals surface area contributed by atoms with Crippen LogP contribution in [0.2, 0.25) is 0 Å². The van der Waals surface area contributed by atoms with Gasteiger partial charge >= 0.3 is 7.69 Å². The highest BCUT2D eigenvalue weighted by Gasteiger charge is 2.07. The van der Waals surface area contributed by atoms with E-state index >= 15 is 0 Å². The molecule has 0 aliphatic heterocycles. The van der Waals surface area contributed by atoms with Crippen LogP contribution >= 0.6 is 0 Å². The van der Waals surface area contributed by atoms with Crippen LogP contribution in [0, 0.1) is 0 Å². The molecule has 0 aliphatic rings. The van der Waals surface area contributed by atoms with Crippen LogP contribution in [0.15, 0.2) is 48.5 Å². The normalized spacial score (nSPS) is 9.47. The Morgan fingerprint density at radius 2 is 1.16 bits per heavy atom. The number of para-hydroxylation sites is 2. The average Bonchev–Trinajstić information content (AvgIpc) is 2.48. The second-order valence-corrected chi connectivity index (χ2v) is 3.64. The van der Waals surface area contributed by atoms with Gasteiger partial charge in [-0.2, -0.15) is 0 Å². The number of carbonyl (C=O) groups is 2. The van der Waals surface area contributed by atoms with Crippen molar-refractivity contribution in [2.24, 2.45) is 0 Å².